The van der Waals surface area contributed by atoms with Crippen LogP contribution in [0.2, 0.25) is 0 Å². The molecule has 0 fully saturated rings. The Hall–Kier alpha value is -1.25. The maximum atomic E-state index is 13.1. The van der Waals surface area contributed by atoms with E-state index in [1.54, 1.807) is 0 Å². The van der Waals surface area contributed by atoms with Gasteiger partial charge in [-0.3, -0.25) is 10.1 Å². The summed E-state index contributed by atoms with van der Waals surface area (Å²) >= 11 is 1.50. The summed E-state index contributed by atoms with van der Waals surface area (Å²) in [6.07, 6.45) is 0. The Kier molecular flexibility index (Phi) is 2.99. The number of carbonyl (C=O) groups is 1. The van der Waals surface area contributed by atoms with E-state index in [-0.39, 0.29) is 9.13 Å². The van der Waals surface area contributed by atoms with Gasteiger partial charge in [0.25, 0.3) is 0 Å². The third-order valence-corrected chi connectivity index (χ3v) is 2.24. The van der Waals surface area contributed by atoms with Crippen molar-refractivity contribution in [3.05, 3.63) is 37.2 Å². The topological polar surface area (TPSA) is 80.4 Å². The van der Waals surface area contributed by atoms with Crippen LogP contribution in [0.1, 0.15) is 10.4 Å². The average molecular weight is 311 g/mol. The number of carboxylic acids is 1. The van der Waals surface area contributed by atoms with Gasteiger partial charge in [0.1, 0.15) is 0 Å². The first kappa shape index (κ1) is 10.8. The third kappa shape index (κ3) is 1.97. The molecule has 5 nitrogen and oxygen atoms in total. The zero-order valence-corrected chi connectivity index (χ0v) is 8.69. The van der Waals surface area contributed by atoms with Crippen LogP contribution in [0.25, 0.3) is 0 Å². The first-order valence-electron chi connectivity index (χ1n) is 3.30. The monoisotopic (exact) mass is 311 g/mol. The molecule has 0 saturated heterocycles. The lowest BCUT2D eigenvalue weighted by Gasteiger charge is -1.99. The number of nitro groups is 1. The molecule has 0 radical (unpaired) electrons. The van der Waals surface area contributed by atoms with Gasteiger partial charge < -0.3 is 5.11 Å². The molecule has 0 unspecified atom stereocenters. The van der Waals surface area contributed by atoms with Gasteiger partial charge in [0.05, 0.1) is 14.1 Å². The summed E-state index contributed by atoms with van der Waals surface area (Å²) in [4.78, 5) is 19.9. The Morgan fingerprint density at radius 1 is 1.57 bits per heavy atom. The number of nitrogens with zero attached hydrogens (tertiary/aromatic N) is 1. The van der Waals surface area contributed by atoms with Gasteiger partial charge in [-0.1, -0.05) is 0 Å². The fourth-order valence-electron chi connectivity index (χ4n) is 0.831. The van der Waals surface area contributed by atoms with Gasteiger partial charge in [0.15, 0.2) is 0 Å². The van der Waals surface area contributed by atoms with Crippen LogP contribution in [-0.4, -0.2) is 16.0 Å². The SMILES string of the molecule is O=C(O)c1cc(I)c(F)c([N+](=O)[O-])c1. The van der Waals surface area contributed by atoms with Gasteiger partial charge in [-0.25, -0.2) is 4.79 Å². The molecule has 0 saturated carbocycles. The van der Waals surface area contributed by atoms with Crippen molar-refractivity contribution < 1.29 is 19.2 Å². The molecule has 1 rings (SSSR count). The van der Waals surface area contributed by atoms with Crippen LogP contribution in [0.3, 0.4) is 0 Å². The minimum absolute atomic E-state index is 0.0887. The third-order valence-electron chi connectivity index (χ3n) is 1.45. The number of nitro benzene ring substituents is 1. The van der Waals surface area contributed by atoms with Crippen molar-refractivity contribution in [2.24, 2.45) is 0 Å². The van der Waals surface area contributed by atoms with Gasteiger partial charge in [-0.05, 0) is 28.7 Å². The Morgan fingerprint density at radius 2 is 2.14 bits per heavy atom. The smallest absolute Gasteiger partial charge is 0.335 e. The highest BCUT2D eigenvalue weighted by Crippen LogP contribution is 2.24. The summed E-state index contributed by atoms with van der Waals surface area (Å²) in [6, 6.07) is 1.73. The molecule has 74 valence electrons. The van der Waals surface area contributed by atoms with Crippen molar-refractivity contribution >= 4 is 34.2 Å². The lowest BCUT2D eigenvalue weighted by molar-refractivity contribution is -0.387. The first-order chi connectivity index (χ1) is 6.43. The number of rotatable bonds is 2. The number of halogens is 2. The molecule has 1 aromatic rings. The molecule has 1 N–H and O–H groups in total. The quantitative estimate of drug-likeness (QED) is 0.515. The second kappa shape index (κ2) is 3.86. The number of benzene rings is 1. The highest BCUT2D eigenvalue weighted by Gasteiger charge is 2.20. The van der Waals surface area contributed by atoms with Crippen molar-refractivity contribution in [2.75, 3.05) is 0 Å². The molecule has 0 spiro atoms. The molecule has 0 atom stereocenters. The van der Waals surface area contributed by atoms with E-state index in [0.717, 1.165) is 6.07 Å². The van der Waals surface area contributed by atoms with Gasteiger partial charge in [0, 0.05) is 6.07 Å². The summed E-state index contributed by atoms with van der Waals surface area (Å²) in [6.45, 7) is 0. The van der Waals surface area contributed by atoms with E-state index in [4.69, 9.17) is 5.11 Å². The van der Waals surface area contributed by atoms with E-state index in [0.29, 0.717) is 6.07 Å². The Balaban J connectivity index is 3.43. The summed E-state index contributed by atoms with van der Waals surface area (Å²) in [7, 11) is 0. The number of hydrogen-bond donors (Lipinski definition) is 1. The van der Waals surface area contributed by atoms with E-state index in [2.05, 4.69) is 0 Å². The molecule has 0 aliphatic carbocycles. The van der Waals surface area contributed by atoms with Crippen LogP contribution in [0.4, 0.5) is 10.1 Å². The molecule has 0 aliphatic heterocycles. The molecule has 0 bridgehead atoms. The molecular formula is C7H3FINO4. The summed E-state index contributed by atoms with van der Waals surface area (Å²) in [5.74, 6) is -2.34. The molecular weight excluding hydrogens is 308 g/mol. The van der Waals surface area contributed by atoms with Crippen molar-refractivity contribution in [3.8, 4) is 0 Å². The molecule has 7 heteroatoms. The average Bonchev–Trinajstić information content (AvgIpc) is 2.08. The van der Waals surface area contributed by atoms with Crippen LogP contribution in [-0.2, 0) is 0 Å². The molecule has 0 amide bonds. The first-order valence-corrected chi connectivity index (χ1v) is 4.38. The zero-order valence-electron chi connectivity index (χ0n) is 6.53. The normalized spacial score (nSPS) is 9.86. The maximum Gasteiger partial charge on any atom is 0.335 e. The highest BCUT2D eigenvalue weighted by molar-refractivity contribution is 14.1. The minimum atomic E-state index is -1.33. The lowest BCUT2D eigenvalue weighted by atomic mass is 10.2. The predicted molar refractivity (Wildman–Crippen MR) is 52.7 cm³/mol. The second-order valence-electron chi connectivity index (χ2n) is 2.35. The largest absolute Gasteiger partial charge is 0.478 e. The lowest BCUT2D eigenvalue weighted by Crippen LogP contribution is -2.02. The Labute approximate surface area is 90.8 Å². The Bertz CT molecular complexity index is 420. The van der Waals surface area contributed by atoms with Gasteiger partial charge in [-0.15, -0.1) is 0 Å². The summed E-state index contributed by atoms with van der Waals surface area (Å²) in [5, 5.41) is 18.9. The molecule has 0 heterocycles. The fraction of sp³-hybridized carbons (Fsp3) is 0. The molecule has 0 aromatic heterocycles. The van der Waals surface area contributed by atoms with E-state index in [1.807, 2.05) is 0 Å². The maximum absolute atomic E-state index is 13.1. The van der Waals surface area contributed by atoms with Crippen LogP contribution >= 0.6 is 22.6 Å². The van der Waals surface area contributed by atoms with E-state index >= 15 is 0 Å². The van der Waals surface area contributed by atoms with Crippen LogP contribution in [0.15, 0.2) is 12.1 Å². The van der Waals surface area contributed by atoms with E-state index < -0.39 is 22.4 Å². The van der Waals surface area contributed by atoms with Gasteiger partial charge >= 0.3 is 11.7 Å². The molecule has 14 heavy (non-hydrogen) atoms. The van der Waals surface area contributed by atoms with Crippen LogP contribution < -0.4 is 0 Å². The van der Waals surface area contributed by atoms with E-state index in [9.17, 15) is 19.3 Å². The van der Waals surface area contributed by atoms with E-state index in [1.165, 1.54) is 22.6 Å². The standard InChI is InChI=1S/C7H3FINO4/c8-6-4(9)1-3(7(11)12)2-5(6)10(13)14/h1-2H,(H,11,12). The number of aromatic carboxylic acids is 1. The van der Waals surface area contributed by atoms with Crippen molar-refractivity contribution in [2.45, 2.75) is 0 Å². The fourth-order valence-corrected chi connectivity index (χ4v) is 1.44. The minimum Gasteiger partial charge on any atom is -0.478 e. The van der Waals surface area contributed by atoms with Crippen molar-refractivity contribution in [1.82, 2.24) is 0 Å². The number of carboxylic acid groups (broad SMARTS) is 1. The van der Waals surface area contributed by atoms with Gasteiger partial charge in [0.2, 0.25) is 5.82 Å². The zero-order chi connectivity index (χ0) is 10.9. The summed E-state index contributed by atoms with van der Waals surface area (Å²) in [5.41, 5.74) is -1.13. The summed E-state index contributed by atoms with van der Waals surface area (Å²) < 4.78 is 13.0. The van der Waals surface area contributed by atoms with Crippen molar-refractivity contribution in [3.63, 3.8) is 0 Å². The highest BCUT2D eigenvalue weighted by atomic mass is 127. The van der Waals surface area contributed by atoms with Crippen LogP contribution in [0.5, 0.6) is 0 Å². The van der Waals surface area contributed by atoms with Crippen LogP contribution in [0, 0.1) is 19.5 Å². The number of hydrogen-bond acceptors (Lipinski definition) is 3. The second-order valence-corrected chi connectivity index (χ2v) is 3.52. The molecule has 1 aromatic carbocycles. The van der Waals surface area contributed by atoms with Gasteiger partial charge in [-0.2, -0.15) is 4.39 Å². The van der Waals surface area contributed by atoms with Crippen molar-refractivity contribution in [1.29, 1.82) is 0 Å². The molecule has 0 aliphatic rings. The predicted octanol–water partition coefficient (Wildman–Crippen LogP) is 2.04. The Morgan fingerprint density at radius 3 is 2.57 bits per heavy atom.